The van der Waals surface area contributed by atoms with Crippen LogP contribution in [-0.2, 0) is 16.6 Å². The number of hydrogen-bond donors (Lipinski definition) is 4. The summed E-state index contributed by atoms with van der Waals surface area (Å²) in [6, 6.07) is 13.7. The van der Waals surface area contributed by atoms with Gasteiger partial charge in [0.1, 0.15) is 10.7 Å². The number of hydrogen-bond acceptors (Lipinski definition) is 9. The molecule has 0 bridgehead atoms. The van der Waals surface area contributed by atoms with E-state index < -0.39 is 16.0 Å². The fourth-order valence-electron chi connectivity index (χ4n) is 2.99. The van der Waals surface area contributed by atoms with Crippen LogP contribution >= 0.6 is 11.3 Å². The summed E-state index contributed by atoms with van der Waals surface area (Å²) >= 11 is 1.01. The zero-order valence-corrected chi connectivity index (χ0v) is 18.4. The van der Waals surface area contributed by atoms with Gasteiger partial charge in [-0.1, -0.05) is 35.6 Å². The summed E-state index contributed by atoms with van der Waals surface area (Å²) < 4.78 is 22.8. The van der Waals surface area contributed by atoms with Crippen molar-refractivity contribution in [1.82, 2.24) is 15.0 Å². The molecule has 0 amide bonds. The Hall–Kier alpha value is -3.61. The zero-order chi connectivity index (χ0) is 22.9. The normalized spacial score (nSPS) is 11.4. The van der Waals surface area contributed by atoms with E-state index in [-0.39, 0.29) is 15.7 Å². The average molecular weight is 471 g/mol. The third kappa shape index (κ3) is 4.66. The molecule has 12 heteroatoms. The lowest BCUT2D eigenvalue weighted by Gasteiger charge is -2.11. The van der Waals surface area contributed by atoms with Gasteiger partial charge in [-0.25, -0.2) is 28.3 Å². The van der Waals surface area contributed by atoms with Crippen LogP contribution in [0.1, 0.15) is 20.9 Å². The molecule has 164 valence electrons. The smallest absolute Gasteiger partial charge is 0.347 e. The van der Waals surface area contributed by atoms with Gasteiger partial charge in [0.25, 0.3) is 0 Å². The highest BCUT2D eigenvalue weighted by molar-refractivity contribution is 7.89. The molecule has 0 aliphatic heterocycles. The first-order chi connectivity index (χ1) is 15.2. The van der Waals surface area contributed by atoms with Gasteiger partial charge in [-0.3, -0.25) is 5.32 Å². The summed E-state index contributed by atoms with van der Waals surface area (Å²) in [5.41, 5.74) is 1.92. The first kappa shape index (κ1) is 21.6. The largest absolute Gasteiger partial charge is 0.477 e. The summed E-state index contributed by atoms with van der Waals surface area (Å²) in [7, 11) is -3.75. The van der Waals surface area contributed by atoms with Gasteiger partial charge >= 0.3 is 5.97 Å². The van der Waals surface area contributed by atoms with Crippen LogP contribution in [0.25, 0.3) is 10.9 Å². The van der Waals surface area contributed by atoms with Gasteiger partial charge in [0, 0.05) is 11.9 Å². The second-order valence-electron chi connectivity index (χ2n) is 6.82. The zero-order valence-electron chi connectivity index (χ0n) is 16.7. The van der Waals surface area contributed by atoms with Crippen LogP contribution in [0.3, 0.4) is 0 Å². The molecule has 0 radical (unpaired) electrons. The molecule has 0 unspecified atom stereocenters. The number of nitrogens with zero attached hydrogens (tertiary/aromatic N) is 3. The molecule has 4 rings (SSSR count). The molecule has 2 heterocycles. The fraction of sp³-hybridized carbons (Fsp3) is 0.100. The van der Waals surface area contributed by atoms with Gasteiger partial charge in [0.15, 0.2) is 5.13 Å². The Balaban J connectivity index is 1.61. The molecule has 0 fully saturated rings. The van der Waals surface area contributed by atoms with E-state index >= 15 is 0 Å². The number of nitrogens with two attached hydrogens (primary N) is 1. The van der Waals surface area contributed by atoms with E-state index in [1.807, 2.05) is 24.3 Å². The van der Waals surface area contributed by atoms with Crippen LogP contribution in [-0.4, -0.2) is 34.4 Å². The van der Waals surface area contributed by atoms with E-state index in [2.05, 4.69) is 25.6 Å². The number of primary sulfonamides is 1. The first-order valence-electron chi connectivity index (χ1n) is 9.31. The van der Waals surface area contributed by atoms with Crippen LogP contribution in [0.4, 0.5) is 16.9 Å². The van der Waals surface area contributed by atoms with Crippen LogP contribution in [0, 0.1) is 6.92 Å². The van der Waals surface area contributed by atoms with E-state index in [1.165, 1.54) is 12.1 Å². The number of carboxylic acids is 1. The molecule has 0 spiro atoms. The van der Waals surface area contributed by atoms with Gasteiger partial charge in [-0.2, -0.15) is 4.98 Å². The topological polar surface area (TPSA) is 160 Å². The van der Waals surface area contributed by atoms with Crippen molar-refractivity contribution in [1.29, 1.82) is 0 Å². The van der Waals surface area contributed by atoms with Crippen molar-refractivity contribution in [3.8, 4) is 0 Å². The Morgan fingerprint density at radius 1 is 1.09 bits per heavy atom. The number of benzene rings is 2. The third-order valence-electron chi connectivity index (χ3n) is 4.52. The van der Waals surface area contributed by atoms with Gasteiger partial charge < -0.3 is 10.4 Å². The van der Waals surface area contributed by atoms with Crippen molar-refractivity contribution in [2.75, 3.05) is 10.6 Å². The lowest BCUT2D eigenvalue weighted by Crippen LogP contribution is -2.12. The molecule has 0 aliphatic rings. The number of sulfonamides is 1. The maximum absolute atomic E-state index is 11.4. The number of aromatic carboxylic acids is 1. The van der Waals surface area contributed by atoms with Crippen LogP contribution in [0.5, 0.6) is 0 Å². The number of anilines is 3. The third-order valence-corrected chi connectivity index (χ3v) is 6.51. The van der Waals surface area contributed by atoms with Gasteiger partial charge in [0.2, 0.25) is 16.0 Å². The molecular formula is C20H18N6O4S2. The summed E-state index contributed by atoms with van der Waals surface area (Å²) in [6.07, 6.45) is 0. The van der Waals surface area contributed by atoms with Crippen molar-refractivity contribution in [2.24, 2.45) is 5.14 Å². The fourth-order valence-corrected chi connectivity index (χ4v) is 4.31. The molecule has 2 aromatic heterocycles. The van der Waals surface area contributed by atoms with Crippen molar-refractivity contribution >= 4 is 55.1 Å². The molecule has 32 heavy (non-hydrogen) atoms. The minimum absolute atomic E-state index is 0.0414. The molecular weight excluding hydrogens is 452 g/mol. The summed E-state index contributed by atoms with van der Waals surface area (Å²) in [4.78, 5) is 24.7. The highest BCUT2D eigenvalue weighted by Gasteiger charge is 2.16. The maximum atomic E-state index is 11.4. The van der Waals surface area contributed by atoms with Crippen LogP contribution < -0.4 is 15.8 Å². The summed E-state index contributed by atoms with van der Waals surface area (Å²) in [6.45, 7) is 2.01. The highest BCUT2D eigenvalue weighted by atomic mass is 32.2. The molecule has 2 aromatic carbocycles. The Kier molecular flexibility index (Phi) is 5.74. The number of aryl methyl sites for hydroxylation is 1. The van der Waals surface area contributed by atoms with E-state index in [0.717, 1.165) is 22.3 Å². The number of carboxylic acid groups (broad SMARTS) is 1. The molecule has 0 aliphatic carbocycles. The molecule has 5 N–H and O–H groups in total. The van der Waals surface area contributed by atoms with E-state index in [4.69, 9.17) is 5.14 Å². The number of nitrogens with one attached hydrogen (secondary N) is 2. The number of carbonyl (C=O) groups is 1. The first-order valence-corrected chi connectivity index (χ1v) is 11.7. The molecule has 0 saturated heterocycles. The number of para-hydroxylation sites is 1. The second kappa shape index (κ2) is 8.49. The highest BCUT2D eigenvalue weighted by Crippen LogP contribution is 2.27. The second-order valence-corrected chi connectivity index (χ2v) is 9.38. The number of fused-ring (bicyclic) bond motifs is 1. The van der Waals surface area contributed by atoms with Crippen LogP contribution in [0.15, 0.2) is 53.4 Å². The molecule has 0 saturated carbocycles. The monoisotopic (exact) mass is 470 g/mol. The molecule has 0 atom stereocenters. The van der Waals surface area contributed by atoms with Gasteiger partial charge in [-0.15, -0.1) is 0 Å². The van der Waals surface area contributed by atoms with Crippen molar-refractivity contribution in [3.05, 3.63) is 64.7 Å². The van der Waals surface area contributed by atoms with E-state index in [1.54, 1.807) is 19.1 Å². The van der Waals surface area contributed by atoms with Gasteiger partial charge in [-0.05, 0) is 36.8 Å². The quantitative estimate of drug-likeness (QED) is 0.318. The van der Waals surface area contributed by atoms with E-state index in [0.29, 0.717) is 28.7 Å². The molecule has 4 aromatic rings. The Labute approximate surface area is 187 Å². The number of rotatable bonds is 7. The van der Waals surface area contributed by atoms with Gasteiger partial charge in [0.05, 0.1) is 16.1 Å². The lowest BCUT2D eigenvalue weighted by molar-refractivity contribution is 0.0701. The minimum atomic E-state index is -3.75. The predicted molar refractivity (Wildman–Crippen MR) is 122 cm³/mol. The average Bonchev–Trinajstić information content (AvgIpc) is 3.12. The number of thiazole rings is 1. The maximum Gasteiger partial charge on any atom is 0.347 e. The van der Waals surface area contributed by atoms with Crippen molar-refractivity contribution in [2.45, 2.75) is 18.4 Å². The predicted octanol–water partition coefficient (Wildman–Crippen LogP) is 3.10. The van der Waals surface area contributed by atoms with Crippen molar-refractivity contribution in [3.63, 3.8) is 0 Å². The Morgan fingerprint density at radius 2 is 1.81 bits per heavy atom. The van der Waals surface area contributed by atoms with Crippen LogP contribution in [0.2, 0.25) is 0 Å². The Morgan fingerprint density at radius 3 is 2.47 bits per heavy atom. The number of aromatic nitrogens is 3. The minimum Gasteiger partial charge on any atom is -0.477 e. The van der Waals surface area contributed by atoms with Crippen molar-refractivity contribution < 1.29 is 18.3 Å². The summed E-state index contributed by atoms with van der Waals surface area (Å²) in [5, 5.41) is 21.8. The Bertz CT molecular complexity index is 1420. The standard InChI is InChI=1S/C20H18N6O4S2/c1-11-16(18(27)28)31-20(23-11)26-19-24-15-5-3-2-4-14(15)17(25-19)22-10-12-6-8-13(9-7-12)32(21,29)30/h2-9H,10H2,1H3,(H,27,28)(H2,21,29,30)(H2,22,23,24,25,26). The SMILES string of the molecule is Cc1nc(Nc2nc(NCc3ccc(S(N)(=O)=O)cc3)c3ccccc3n2)sc1C(=O)O. The molecule has 10 nitrogen and oxygen atoms in total. The lowest BCUT2D eigenvalue weighted by atomic mass is 10.2. The summed E-state index contributed by atoms with van der Waals surface area (Å²) in [5.74, 6) is -0.217. The van der Waals surface area contributed by atoms with E-state index in [9.17, 15) is 18.3 Å².